The van der Waals surface area contributed by atoms with E-state index in [4.69, 9.17) is 0 Å². The lowest BCUT2D eigenvalue weighted by atomic mass is 9.83. The first-order valence-corrected chi connectivity index (χ1v) is 8.57. The number of hydrogen-bond donors (Lipinski definition) is 0. The first-order valence-electron chi connectivity index (χ1n) is 8.57. The molecule has 1 aliphatic carbocycles. The Hall–Kier alpha value is -1.77. The van der Waals surface area contributed by atoms with Crippen LogP contribution in [0.5, 0.6) is 0 Å². The molecule has 0 radical (unpaired) electrons. The molecule has 22 heavy (non-hydrogen) atoms. The summed E-state index contributed by atoms with van der Waals surface area (Å²) in [5.41, 5.74) is 2.74. The summed E-state index contributed by atoms with van der Waals surface area (Å²) >= 11 is 0. The number of aromatic nitrogens is 1. The fraction of sp³-hybridized carbons (Fsp3) is 0.526. The van der Waals surface area contributed by atoms with E-state index in [1.54, 1.807) is 0 Å². The van der Waals surface area contributed by atoms with Gasteiger partial charge in [0, 0.05) is 43.2 Å². The minimum absolute atomic E-state index is 0.342. The number of fused-ring (bicyclic) bond motifs is 1. The molecule has 1 saturated heterocycles. The molecule has 1 amide bonds. The second-order valence-electron chi connectivity index (χ2n) is 6.91. The van der Waals surface area contributed by atoms with Crippen molar-refractivity contribution in [2.75, 3.05) is 13.1 Å². The molecule has 1 aromatic carbocycles. The largest absolute Gasteiger partial charge is 0.347 e. The number of aryl methyl sites for hydroxylation is 1. The first-order chi connectivity index (χ1) is 10.7. The molecular formula is C19H24N2O. The predicted molar refractivity (Wildman–Crippen MR) is 88.8 cm³/mol. The van der Waals surface area contributed by atoms with E-state index in [1.807, 2.05) is 0 Å². The normalized spacial score (nSPS) is 20.3. The van der Waals surface area contributed by atoms with Crippen LogP contribution in [0.3, 0.4) is 0 Å². The van der Waals surface area contributed by atoms with Gasteiger partial charge in [0.15, 0.2) is 0 Å². The van der Waals surface area contributed by atoms with Crippen LogP contribution in [-0.4, -0.2) is 28.5 Å². The predicted octanol–water partition coefficient (Wildman–Crippen LogP) is 3.68. The number of carbonyl (C=O) groups is 1. The average molecular weight is 296 g/mol. The van der Waals surface area contributed by atoms with Crippen molar-refractivity contribution >= 4 is 16.8 Å². The highest BCUT2D eigenvalue weighted by molar-refractivity contribution is 5.81. The summed E-state index contributed by atoms with van der Waals surface area (Å²) in [7, 11) is 2.17. The molecule has 2 fully saturated rings. The van der Waals surface area contributed by atoms with E-state index in [-0.39, 0.29) is 0 Å². The van der Waals surface area contributed by atoms with Gasteiger partial charge in [-0.15, -0.1) is 0 Å². The third-order valence-corrected chi connectivity index (χ3v) is 5.67. The van der Waals surface area contributed by atoms with Crippen LogP contribution in [0, 0.1) is 5.92 Å². The van der Waals surface area contributed by atoms with Gasteiger partial charge in [-0.3, -0.25) is 4.79 Å². The fourth-order valence-corrected chi connectivity index (χ4v) is 4.01. The van der Waals surface area contributed by atoms with Gasteiger partial charge < -0.3 is 9.47 Å². The fourth-order valence-electron chi connectivity index (χ4n) is 4.01. The van der Waals surface area contributed by atoms with Gasteiger partial charge in [-0.1, -0.05) is 24.6 Å². The molecule has 2 heterocycles. The number of rotatable bonds is 2. The van der Waals surface area contributed by atoms with Crippen molar-refractivity contribution in [1.82, 2.24) is 9.47 Å². The highest BCUT2D eigenvalue weighted by Gasteiger charge is 2.32. The van der Waals surface area contributed by atoms with Gasteiger partial charge in [0.25, 0.3) is 0 Å². The zero-order valence-electron chi connectivity index (χ0n) is 13.3. The molecule has 0 atom stereocenters. The minimum atomic E-state index is 0.342. The van der Waals surface area contributed by atoms with Crippen LogP contribution in [0.4, 0.5) is 0 Å². The Morgan fingerprint density at radius 3 is 2.45 bits per heavy atom. The van der Waals surface area contributed by atoms with E-state index in [1.165, 1.54) is 23.0 Å². The molecule has 3 heteroatoms. The molecule has 0 unspecified atom stereocenters. The number of amides is 1. The summed E-state index contributed by atoms with van der Waals surface area (Å²) in [6.45, 7) is 1.86. The maximum absolute atomic E-state index is 12.4. The van der Waals surface area contributed by atoms with Crippen molar-refractivity contribution in [2.45, 2.75) is 38.0 Å². The van der Waals surface area contributed by atoms with E-state index >= 15 is 0 Å². The molecule has 2 aromatic rings. The number of carbonyl (C=O) groups excluding carboxylic acids is 1. The summed E-state index contributed by atoms with van der Waals surface area (Å²) in [6.07, 6.45) is 5.66. The highest BCUT2D eigenvalue weighted by atomic mass is 16.2. The summed E-state index contributed by atoms with van der Waals surface area (Å²) in [6, 6.07) is 10.9. The zero-order chi connectivity index (χ0) is 15.1. The number of benzene rings is 1. The molecule has 0 spiro atoms. The number of hydrogen-bond acceptors (Lipinski definition) is 1. The van der Waals surface area contributed by atoms with E-state index in [9.17, 15) is 4.79 Å². The number of piperidine rings is 1. The number of likely N-dealkylation sites (tertiary alicyclic amines) is 1. The second-order valence-corrected chi connectivity index (χ2v) is 6.91. The molecule has 1 aromatic heterocycles. The average Bonchev–Trinajstić information content (AvgIpc) is 2.83. The highest BCUT2D eigenvalue weighted by Crippen LogP contribution is 2.34. The Morgan fingerprint density at radius 2 is 1.82 bits per heavy atom. The van der Waals surface area contributed by atoms with Crippen LogP contribution in [0.15, 0.2) is 30.3 Å². The molecule has 4 rings (SSSR count). The van der Waals surface area contributed by atoms with Crippen LogP contribution in [0.2, 0.25) is 0 Å². The van der Waals surface area contributed by atoms with Gasteiger partial charge in [-0.2, -0.15) is 0 Å². The Bertz CT molecular complexity index is 691. The number of para-hydroxylation sites is 1. The molecule has 116 valence electrons. The van der Waals surface area contributed by atoms with Crippen LogP contribution < -0.4 is 0 Å². The SMILES string of the molecule is Cn1c(C2CCN(C(=O)C3CCC3)CC2)cc2ccccc21. The van der Waals surface area contributed by atoms with E-state index < -0.39 is 0 Å². The molecule has 3 nitrogen and oxygen atoms in total. The van der Waals surface area contributed by atoms with Crippen LogP contribution in [0.1, 0.15) is 43.7 Å². The maximum atomic E-state index is 12.4. The standard InChI is InChI=1S/C19H24N2O/c1-20-17-8-3-2-5-16(17)13-18(20)14-9-11-21(12-10-14)19(22)15-6-4-7-15/h2-3,5,8,13-15H,4,6-7,9-12H2,1H3. The van der Waals surface area contributed by atoms with Gasteiger partial charge in [0.1, 0.15) is 0 Å². The lowest BCUT2D eigenvalue weighted by Gasteiger charge is -2.36. The number of nitrogens with zero attached hydrogens (tertiary/aromatic N) is 2. The molecule has 1 aliphatic heterocycles. The van der Waals surface area contributed by atoms with Gasteiger partial charge >= 0.3 is 0 Å². The lowest BCUT2D eigenvalue weighted by molar-refractivity contribution is -0.139. The molecular weight excluding hydrogens is 272 g/mol. The van der Waals surface area contributed by atoms with Crippen molar-refractivity contribution in [3.8, 4) is 0 Å². The monoisotopic (exact) mass is 296 g/mol. The van der Waals surface area contributed by atoms with Crippen molar-refractivity contribution in [2.24, 2.45) is 13.0 Å². The van der Waals surface area contributed by atoms with Crippen molar-refractivity contribution < 1.29 is 4.79 Å². The molecule has 2 aliphatic rings. The van der Waals surface area contributed by atoms with Crippen LogP contribution >= 0.6 is 0 Å². The van der Waals surface area contributed by atoms with E-state index in [0.717, 1.165) is 38.8 Å². The van der Waals surface area contributed by atoms with E-state index in [2.05, 4.69) is 46.8 Å². The second kappa shape index (κ2) is 5.45. The quantitative estimate of drug-likeness (QED) is 0.830. The lowest BCUT2D eigenvalue weighted by Crippen LogP contribution is -2.43. The van der Waals surface area contributed by atoms with Gasteiger partial charge in [0.2, 0.25) is 5.91 Å². The Labute approximate surface area is 131 Å². The van der Waals surface area contributed by atoms with Crippen molar-refractivity contribution in [1.29, 1.82) is 0 Å². The summed E-state index contributed by atoms with van der Waals surface area (Å²) < 4.78 is 2.34. The van der Waals surface area contributed by atoms with Gasteiger partial charge in [0.05, 0.1) is 0 Å². The molecule has 0 N–H and O–H groups in total. The Balaban J connectivity index is 1.48. The smallest absolute Gasteiger partial charge is 0.225 e. The molecule has 0 bridgehead atoms. The summed E-state index contributed by atoms with van der Waals surface area (Å²) in [5, 5.41) is 1.33. The van der Waals surface area contributed by atoms with E-state index in [0.29, 0.717) is 17.7 Å². The molecule has 1 saturated carbocycles. The van der Waals surface area contributed by atoms with Gasteiger partial charge in [-0.25, -0.2) is 0 Å². The van der Waals surface area contributed by atoms with Gasteiger partial charge in [-0.05, 0) is 43.2 Å². The third-order valence-electron chi connectivity index (χ3n) is 5.67. The van der Waals surface area contributed by atoms with Crippen LogP contribution in [0.25, 0.3) is 10.9 Å². The maximum Gasteiger partial charge on any atom is 0.225 e. The summed E-state index contributed by atoms with van der Waals surface area (Å²) in [4.78, 5) is 14.5. The summed E-state index contributed by atoms with van der Waals surface area (Å²) in [5.74, 6) is 1.35. The van der Waals surface area contributed by atoms with Crippen molar-refractivity contribution in [3.63, 3.8) is 0 Å². The minimum Gasteiger partial charge on any atom is -0.347 e. The Kier molecular flexibility index (Phi) is 3.44. The zero-order valence-corrected chi connectivity index (χ0v) is 13.3. The van der Waals surface area contributed by atoms with Crippen LogP contribution in [-0.2, 0) is 11.8 Å². The van der Waals surface area contributed by atoms with Crippen molar-refractivity contribution in [3.05, 3.63) is 36.0 Å². The Morgan fingerprint density at radius 1 is 1.09 bits per heavy atom. The topological polar surface area (TPSA) is 25.2 Å². The third kappa shape index (κ3) is 2.23. The first kappa shape index (κ1) is 13.9.